The average Bonchev–Trinajstić information content (AvgIpc) is 3.26. The van der Waals surface area contributed by atoms with Crippen LogP contribution in [0.5, 0.6) is 0 Å². The zero-order valence-electron chi connectivity index (χ0n) is 11.7. The molecule has 2 aromatic rings. The van der Waals surface area contributed by atoms with Gasteiger partial charge in [0.15, 0.2) is 5.82 Å². The van der Waals surface area contributed by atoms with Gasteiger partial charge in [-0.15, -0.1) is 10.2 Å². The highest BCUT2D eigenvalue weighted by atomic mass is 15.3. The van der Waals surface area contributed by atoms with E-state index >= 15 is 0 Å². The lowest BCUT2D eigenvalue weighted by molar-refractivity contribution is 0.435. The maximum Gasteiger partial charge on any atom is 0.154 e. The predicted octanol–water partition coefficient (Wildman–Crippen LogP) is 1.88. The number of hydrogen-bond acceptors (Lipinski definition) is 4. The molecule has 104 valence electrons. The summed E-state index contributed by atoms with van der Waals surface area (Å²) in [6, 6.07) is 4.18. The van der Waals surface area contributed by atoms with E-state index in [1.165, 1.54) is 12.8 Å². The van der Waals surface area contributed by atoms with Gasteiger partial charge in [0.25, 0.3) is 0 Å². The summed E-state index contributed by atoms with van der Waals surface area (Å²) in [7, 11) is 0. The molecule has 2 aromatic heterocycles. The van der Waals surface area contributed by atoms with E-state index in [4.69, 9.17) is 0 Å². The number of fused-ring (bicyclic) bond motifs is 1. The van der Waals surface area contributed by atoms with Gasteiger partial charge in [0.05, 0.1) is 6.04 Å². The minimum Gasteiger partial charge on any atom is -0.312 e. The summed E-state index contributed by atoms with van der Waals surface area (Å²) >= 11 is 0. The standard InChI is InChI=1S/C15H19N5/c1-10(11-4-5-11)14-18-19-15-13(17-7-8-20(14)15)12-3-2-6-16-9-12/h2-3,6,9-11,13,17H,4-5,7-8H2,1H3. The van der Waals surface area contributed by atoms with Gasteiger partial charge in [-0.3, -0.25) is 4.98 Å². The molecule has 5 heteroatoms. The molecule has 2 atom stereocenters. The van der Waals surface area contributed by atoms with E-state index in [1.807, 2.05) is 12.3 Å². The molecule has 1 saturated carbocycles. The first-order chi connectivity index (χ1) is 9.84. The lowest BCUT2D eigenvalue weighted by atomic mass is 10.0. The van der Waals surface area contributed by atoms with Crippen molar-refractivity contribution < 1.29 is 0 Å². The van der Waals surface area contributed by atoms with Crippen molar-refractivity contribution in [1.29, 1.82) is 0 Å². The monoisotopic (exact) mass is 269 g/mol. The largest absolute Gasteiger partial charge is 0.312 e. The van der Waals surface area contributed by atoms with Gasteiger partial charge in [-0.1, -0.05) is 13.0 Å². The highest BCUT2D eigenvalue weighted by Gasteiger charge is 2.34. The minimum atomic E-state index is 0.116. The first-order valence-corrected chi connectivity index (χ1v) is 7.41. The van der Waals surface area contributed by atoms with E-state index < -0.39 is 0 Å². The molecule has 5 nitrogen and oxygen atoms in total. The van der Waals surface area contributed by atoms with Crippen LogP contribution < -0.4 is 5.32 Å². The predicted molar refractivity (Wildman–Crippen MR) is 75.2 cm³/mol. The Balaban J connectivity index is 1.71. The zero-order chi connectivity index (χ0) is 13.5. The maximum absolute atomic E-state index is 4.49. The van der Waals surface area contributed by atoms with Gasteiger partial charge >= 0.3 is 0 Å². The Labute approximate surface area is 118 Å². The van der Waals surface area contributed by atoms with Crippen LogP contribution in [0.2, 0.25) is 0 Å². The summed E-state index contributed by atoms with van der Waals surface area (Å²) < 4.78 is 2.32. The van der Waals surface area contributed by atoms with Gasteiger partial charge in [0.1, 0.15) is 5.82 Å². The molecule has 2 unspecified atom stereocenters. The van der Waals surface area contributed by atoms with Crippen molar-refractivity contribution >= 4 is 0 Å². The fourth-order valence-electron chi connectivity index (χ4n) is 3.14. The van der Waals surface area contributed by atoms with Crippen LogP contribution in [-0.4, -0.2) is 26.3 Å². The first kappa shape index (κ1) is 12.0. The van der Waals surface area contributed by atoms with Crippen molar-refractivity contribution in [3.05, 3.63) is 41.7 Å². The Morgan fingerprint density at radius 2 is 2.25 bits per heavy atom. The lowest BCUT2D eigenvalue weighted by Crippen LogP contribution is -2.35. The highest BCUT2D eigenvalue weighted by Crippen LogP contribution is 2.42. The smallest absolute Gasteiger partial charge is 0.154 e. The zero-order valence-corrected chi connectivity index (χ0v) is 11.7. The van der Waals surface area contributed by atoms with E-state index in [0.29, 0.717) is 5.92 Å². The summed E-state index contributed by atoms with van der Waals surface area (Å²) in [5, 5.41) is 12.5. The van der Waals surface area contributed by atoms with Crippen molar-refractivity contribution in [2.24, 2.45) is 5.92 Å². The molecule has 0 bridgehead atoms. The Morgan fingerprint density at radius 1 is 1.35 bits per heavy atom. The average molecular weight is 269 g/mol. The molecule has 0 aromatic carbocycles. The second-order valence-corrected chi connectivity index (χ2v) is 5.87. The molecular weight excluding hydrogens is 250 g/mol. The fourth-order valence-corrected chi connectivity index (χ4v) is 3.14. The molecule has 20 heavy (non-hydrogen) atoms. The van der Waals surface area contributed by atoms with Crippen LogP contribution in [0.4, 0.5) is 0 Å². The number of aromatic nitrogens is 4. The summed E-state index contributed by atoms with van der Waals surface area (Å²) in [5.41, 5.74) is 1.16. The molecule has 0 spiro atoms. The van der Waals surface area contributed by atoms with E-state index in [-0.39, 0.29) is 6.04 Å². The first-order valence-electron chi connectivity index (χ1n) is 7.41. The summed E-state index contributed by atoms with van der Waals surface area (Å²) in [5.74, 6) is 3.54. The van der Waals surface area contributed by atoms with Gasteiger partial charge in [0.2, 0.25) is 0 Å². The van der Waals surface area contributed by atoms with E-state index in [2.05, 4.69) is 38.1 Å². The van der Waals surface area contributed by atoms with Gasteiger partial charge in [-0.2, -0.15) is 0 Å². The molecule has 1 N–H and O–H groups in total. The van der Waals surface area contributed by atoms with Crippen LogP contribution in [0, 0.1) is 5.92 Å². The molecule has 0 saturated heterocycles. The van der Waals surface area contributed by atoms with Gasteiger partial charge in [-0.05, 0) is 30.4 Å². The van der Waals surface area contributed by atoms with Crippen LogP contribution >= 0.6 is 0 Å². The summed E-state index contributed by atoms with van der Waals surface area (Å²) in [6.07, 6.45) is 6.39. The second kappa shape index (κ2) is 4.66. The topological polar surface area (TPSA) is 55.6 Å². The SMILES string of the molecule is CC(c1nnc2n1CCNC2c1cccnc1)C1CC1. The normalized spacial score (nSPS) is 23.4. The van der Waals surface area contributed by atoms with Crippen LogP contribution in [0.1, 0.15) is 48.9 Å². The van der Waals surface area contributed by atoms with Crippen LogP contribution in [0.3, 0.4) is 0 Å². The Kier molecular flexibility index (Phi) is 2.80. The maximum atomic E-state index is 4.49. The van der Waals surface area contributed by atoms with Crippen molar-refractivity contribution in [3.63, 3.8) is 0 Å². The van der Waals surface area contributed by atoms with E-state index in [9.17, 15) is 0 Å². The Morgan fingerprint density at radius 3 is 3.00 bits per heavy atom. The van der Waals surface area contributed by atoms with Crippen molar-refractivity contribution in [1.82, 2.24) is 25.1 Å². The van der Waals surface area contributed by atoms with Crippen LogP contribution in [0.25, 0.3) is 0 Å². The third-order valence-electron chi connectivity index (χ3n) is 4.50. The Hall–Kier alpha value is -1.75. The number of hydrogen-bond donors (Lipinski definition) is 1. The van der Waals surface area contributed by atoms with Gasteiger partial charge in [0, 0.05) is 31.4 Å². The molecule has 1 fully saturated rings. The fraction of sp³-hybridized carbons (Fsp3) is 0.533. The number of rotatable bonds is 3. The van der Waals surface area contributed by atoms with Crippen LogP contribution in [0.15, 0.2) is 24.5 Å². The molecule has 0 amide bonds. The molecular formula is C15H19N5. The van der Waals surface area contributed by atoms with Gasteiger partial charge < -0.3 is 9.88 Å². The number of nitrogens with zero attached hydrogens (tertiary/aromatic N) is 4. The summed E-state index contributed by atoms with van der Waals surface area (Å²) in [4.78, 5) is 4.22. The molecule has 3 heterocycles. The highest BCUT2D eigenvalue weighted by molar-refractivity contribution is 5.24. The molecule has 2 aliphatic rings. The quantitative estimate of drug-likeness (QED) is 0.924. The molecule has 4 rings (SSSR count). The number of nitrogens with one attached hydrogen (secondary N) is 1. The van der Waals surface area contributed by atoms with Crippen molar-refractivity contribution in [2.45, 2.75) is 38.3 Å². The molecule has 0 radical (unpaired) electrons. The van der Waals surface area contributed by atoms with Crippen LogP contribution in [-0.2, 0) is 6.54 Å². The second-order valence-electron chi connectivity index (χ2n) is 5.87. The molecule has 1 aliphatic carbocycles. The van der Waals surface area contributed by atoms with E-state index in [1.54, 1.807) is 6.20 Å². The van der Waals surface area contributed by atoms with E-state index in [0.717, 1.165) is 36.2 Å². The minimum absolute atomic E-state index is 0.116. The number of pyridine rings is 1. The van der Waals surface area contributed by atoms with Crippen molar-refractivity contribution in [2.75, 3.05) is 6.54 Å². The van der Waals surface area contributed by atoms with Gasteiger partial charge in [-0.25, -0.2) is 0 Å². The summed E-state index contributed by atoms with van der Waals surface area (Å²) in [6.45, 7) is 4.20. The lowest BCUT2D eigenvalue weighted by Gasteiger charge is -2.26. The third-order valence-corrected chi connectivity index (χ3v) is 4.50. The Bertz CT molecular complexity index is 602. The third kappa shape index (κ3) is 1.93. The molecule has 1 aliphatic heterocycles. The van der Waals surface area contributed by atoms with Crippen molar-refractivity contribution in [3.8, 4) is 0 Å².